The molecule has 8 nitrogen and oxygen atoms in total. The van der Waals surface area contributed by atoms with Crippen molar-refractivity contribution in [3.05, 3.63) is 114 Å². The lowest BCUT2D eigenvalue weighted by Crippen LogP contribution is -2.45. The largest absolute Gasteiger partial charge is 0.467 e. The number of para-hydroxylation sites is 2. The summed E-state index contributed by atoms with van der Waals surface area (Å²) in [7, 11) is 0. The van der Waals surface area contributed by atoms with Crippen molar-refractivity contribution < 1.29 is 14.0 Å². The summed E-state index contributed by atoms with van der Waals surface area (Å²) in [4.78, 5) is 29.1. The standard InChI is InChI=1S/C28H25N5O3/c1-20-13-15-21(16-14-20)27(28(35)29-18-23-10-7-17-36-23)33(22-8-3-2-4-9-22)26(34)19-32-25-12-6-5-11-24(25)30-31-32/h2-17,27H,18-19H2,1H3,(H,29,35)/t27-/m1/s1. The first kappa shape index (κ1) is 23.0. The number of hydrogen-bond acceptors (Lipinski definition) is 5. The first-order valence-corrected chi connectivity index (χ1v) is 11.6. The van der Waals surface area contributed by atoms with Gasteiger partial charge in [-0.05, 0) is 48.9 Å². The van der Waals surface area contributed by atoms with Crippen LogP contribution in [0, 0.1) is 6.92 Å². The summed E-state index contributed by atoms with van der Waals surface area (Å²) >= 11 is 0. The average molecular weight is 480 g/mol. The Morgan fingerprint density at radius 3 is 2.44 bits per heavy atom. The number of furan rings is 1. The highest BCUT2D eigenvalue weighted by molar-refractivity contribution is 6.01. The summed E-state index contributed by atoms with van der Waals surface area (Å²) in [5.74, 6) is 0.00385. The summed E-state index contributed by atoms with van der Waals surface area (Å²) in [6, 6.07) is 26.9. The number of aromatic nitrogens is 3. The van der Waals surface area contributed by atoms with Gasteiger partial charge in [0.15, 0.2) is 0 Å². The maximum absolute atomic E-state index is 13.9. The monoisotopic (exact) mass is 479 g/mol. The van der Waals surface area contributed by atoms with Gasteiger partial charge in [0.1, 0.15) is 23.9 Å². The third-order valence-corrected chi connectivity index (χ3v) is 5.92. The highest BCUT2D eigenvalue weighted by Crippen LogP contribution is 2.29. The van der Waals surface area contributed by atoms with Crippen molar-refractivity contribution in [1.82, 2.24) is 20.3 Å². The van der Waals surface area contributed by atoms with Crippen molar-refractivity contribution in [1.29, 1.82) is 0 Å². The van der Waals surface area contributed by atoms with Crippen LogP contribution in [-0.4, -0.2) is 26.8 Å². The molecule has 5 aromatic rings. The molecular weight excluding hydrogens is 454 g/mol. The Morgan fingerprint density at radius 1 is 0.944 bits per heavy atom. The van der Waals surface area contributed by atoms with Crippen molar-refractivity contribution in [2.24, 2.45) is 0 Å². The third-order valence-electron chi connectivity index (χ3n) is 5.92. The van der Waals surface area contributed by atoms with E-state index in [1.807, 2.05) is 85.8 Å². The minimum absolute atomic E-state index is 0.0801. The highest BCUT2D eigenvalue weighted by Gasteiger charge is 2.33. The number of rotatable bonds is 8. The van der Waals surface area contributed by atoms with E-state index in [-0.39, 0.29) is 24.9 Å². The van der Waals surface area contributed by atoms with Crippen LogP contribution in [0.2, 0.25) is 0 Å². The number of amides is 2. The van der Waals surface area contributed by atoms with Crippen LogP contribution < -0.4 is 10.2 Å². The number of anilines is 1. The van der Waals surface area contributed by atoms with Crippen molar-refractivity contribution in [2.75, 3.05) is 4.90 Å². The lowest BCUT2D eigenvalue weighted by atomic mass is 10.0. The SMILES string of the molecule is Cc1ccc([C@H](C(=O)NCc2ccco2)N(C(=O)Cn2nnc3ccccc32)c2ccccc2)cc1. The van der Waals surface area contributed by atoms with E-state index in [0.717, 1.165) is 11.1 Å². The zero-order chi connectivity index (χ0) is 24.9. The van der Waals surface area contributed by atoms with Crippen molar-refractivity contribution >= 4 is 28.5 Å². The predicted octanol–water partition coefficient (Wildman–Crippen LogP) is 4.42. The van der Waals surface area contributed by atoms with E-state index < -0.39 is 6.04 Å². The van der Waals surface area contributed by atoms with E-state index in [4.69, 9.17) is 4.42 Å². The van der Waals surface area contributed by atoms with E-state index in [9.17, 15) is 9.59 Å². The van der Waals surface area contributed by atoms with Crippen LogP contribution in [-0.2, 0) is 22.7 Å². The lowest BCUT2D eigenvalue weighted by molar-refractivity contribution is -0.127. The Morgan fingerprint density at radius 2 is 1.69 bits per heavy atom. The second-order valence-corrected chi connectivity index (χ2v) is 8.45. The van der Waals surface area contributed by atoms with Crippen molar-refractivity contribution in [2.45, 2.75) is 26.1 Å². The number of fused-ring (bicyclic) bond motifs is 1. The van der Waals surface area contributed by atoms with E-state index >= 15 is 0 Å². The van der Waals surface area contributed by atoms with Crippen LogP contribution in [0.4, 0.5) is 5.69 Å². The Balaban J connectivity index is 1.53. The fourth-order valence-corrected chi connectivity index (χ4v) is 4.11. The van der Waals surface area contributed by atoms with Crippen LogP contribution in [0.3, 0.4) is 0 Å². The molecule has 8 heteroatoms. The van der Waals surface area contributed by atoms with Gasteiger partial charge in [-0.25, -0.2) is 4.68 Å². The number of nitrogens with zero attached hydrogens (tertiary/aromatic N) is 4. The van der Waals surface area contributed by atoms with Gasteiger partial charge in [0.05, 0.1) is 18.3 Å². The quantitative estimate of drug-likeness (QED) is 0.356. The van der Waals surface area contributed by atoms with Gasteiger partial charge in [-0.1, -0.05) is 65.4 Å². The highest BCUT2D eigenvalue weighted by atomic mass is 16.3. The summed E-state index contributed by atoms with van der Waals surface area (Å²) in [6.07, 6.45) is 1.56. The minimum atomic E-state index is -0.912. The summed E-state index contributed by atoms with van der Waals surface area (Å²) in [5, 5.41) is 11.3. The molecule has 0 fully saturated rings. The summed E-state index contributed by atoms with van der Waals surface area (Å²) in [5.41, 5.74) is 3.79. The predicted molar refractivity (Wildman–Crippen MR) is 136 cm³/mol. The molecule has 1 N–H and O–H groups in total. The average Bonchev–Trinajstić information content (AvgIpc) is 3.57. The fraction of sp³-hybridized carbons (Fsp3) is 0.143. The number of nitrogens with one attached hydrogen (secondary N) is 1. The van der Waals surface area contributed by atoms with Crippen LogP contribution in [0.5, 0.6) is 0 Å². The number of carbonyl (C=O) groups is 2. The summed E-state index contributed by atoms with van der Waals surface area (Å²) in [6.45, 7) is 2.10. The molecule has 0 bridgehead atoms. The first-order chi connectivity index (χ1) is 17.6. The van der Waals surface area contributed by atoms with Crippen LogP contribution in [0.1, 0.15) is 22.9 Å². The van der Waals surface area contributed by atoms with Gasteiger partial charge in [-0.2, -0.15) is 0 Å². The molecule has 5 rings (SSSR count). The molecule has 3 aromatic carbocycles. The molecule has 2 amide bonds. The Bertz CT molecular complexity index is 1460. The van der Waals surface area contributed by atoms with Gasteiger partial charge >= 0.3 is 0 Å². The molecule has 0 spiro atoms. The molecule has 0 saturated heterocycles. The number of carbonyl (C=O) groups excluding carboxylic acids is 2. The normalized spacial score (nSPS) is 11.8. The molecule has 36 heavy (non-hydrogen) atoms. The maximum Gasteiger partial charge on any atom is 0.249 e. The molecule has 0 radical (unpaired) electrons. The fourth-order valence-electron chi connectivity index (χ4n) is 4.11. The van der Waals surface area contributed by atoms with Crippen molar-refractivity contribution in [3.8, 4) is 0 Å². The molecule has 0 aliphatic carbocycles. The molecule has 180 valence electrons. The molecule has 0 saturated carbocycles. The van der Waals surface area contributed by atoms with Crippen molar-refractivity contribution in [3.63, 3.8) is 0 Å². The van der Waals surface area contributed by atoms with Crippen LogP contribution in [0.25, 0.3) is 11.0 Å². The smallest absolute Gasteiger partial charge is 0.249 e. The molecule has 0 aliphatic heterocycles. The molecule has 2 heterocycles. The number of benzene rings is 3. The zero-order valence-electron chi connectivity index (χ0n) is 19.7. The lowest BCUT2D eigenvalue weighted by Gasteiger charge is -2.31. The van der Waals surface area contributed by atoms with E-state index in [2.05, 4.69) is 15.6 Å². The first-order valence-electron chi connectivity index (χ1n) is 11.6. The molecule has 0 aliphatic rings. The minimum Gasteiger partial charge on any atom is -0.467 e. The van der Waals surface area contributed by atoms with Gasteiger partial charge in [-0.3, -0.25) is 14.5 Å². The molecule has 0 unspecified atom stereocenters. The second kappa shape index (κ2) is 10.3. The van der Waals surface area contributed by atoms with Crippen LogP contribution >= 0.6 is 0 Å². The topological polar surface area (TPSA) is 93.3 Å². The Labute approximate surface area is 208 Å². The van der Waals surface area contributed by atoms with Gasteiger partial charge in [0.2, 0.25) is 11.8 Å². The van der Waals surface area contributed by atoms with Gasteiger partial charge in [0, 0.05) is 5.69 Å². The second-order valence-electron chi connectivity index (χ2n) is 8.45. The molecule has 1 atom stereocenters. The van der Waals surface area contributed by atoms with Gasteiger partial charge in [0.25, 0.3) is 0 Å². The molecular formula is C28H25N5O3. The van der Waals surface area contributed by atoms with Gasteiger partial charge in [-0.15, -0.1) is 5.10 Å². The van der Waals surface area contributed by atoms with Gasteiger partial charge < -0.3 is 9.73 Å². The third kappa shape index (κ3) is 4.88. The van der Waals surface area contributed by atoms with E-state index in [1.54, 1.807) is 23.1 Å². The zero-order valence-corrected chi connectivity index (χ0v) is 19.7. The molecule has 2 aromatic heterocycles. The Hall–Kier alpha value is -4.72. The van der Waals surface area contributed by atoms with E-state index in [1.165, 1.54) is 4.90 Å². The summed E-state index contributed by atoms with van der Waals surface area (Å²) < 4.78 is 6.93. The number of aryl methyl sites for hydroxylation is 1. The van der Waals surface area contributed by atoms with Crippen LogP contribution in [0.15, 0.2) is 102 Å². The Kier molecular flexibility index (Phi) is 6.57. The maximum atomic E-state index is 13.9. The number of hydrogen-bond donors (Lipinski definition) is 1. The van der Waals surface area contributed by atoms with E-state index in [0.29, 0.717) is 22.5 Å².